The number of anilines is 3. The van der Waals surface area contributed by atoms with Gasteiger partial charge in [0, 0.05) is 56.1 Å². The lowest BCUT2D eigenvalue weighted by Gasteiger charge is -2.22. The van der Waals surface area contributed by atoms with Crippen molar-refractivity contribution in [3.63, 3.8) is 0 Å². The molecule has 2 aromatic carbocycles. The number of carbonyl (C=O) groups excluding carboxylic acids is 2. The average Bonchev–Trinajstić information content (AvgIpc) is 2.58. The van der Waals surface area contributed by atoms with E-state index in [4.69, 9.17) is 11.6 Å². The molecular formula is C20H24ClN3O2. The molecule has 0 aliphatic rings. The molecule has 138 valence electrons. The van der Waals surface area contributed by atoms with E-state index in [1.54, 1.807) is 11.0 Å². The summed E-state index contributed by atoms with van der Waals surface area (Å²) in [5.41, 5.74) is 3.42. The normalized spacial score (nSPS) is 10.3. The number of hydrogen-bond donors (Lipinski definition) is 1. The van der Waals surface area contributed by atoms with Crippen LogP contribution in [0.5, 0.6) is 0 Å². The molecule has 0 saturated carbocycles. The maximum atomic E-state index is 12.2. The fourth-order valence-corrected chi connectivity index (χ4v) is 2.69. The molecule has 1 N–H and O–H groups in total. The molecule has 0 aromatic heterocycles. The third-order valence-corrected chi connectivity index (χ3v) is 4.48. The van der Waals surface area contributed by atoms with Crippen LogP contribution in [0.3, 0.4) is 0 Å². The first-order valence-electron chi connectivity index (χ1n) is 8.39. The molecular weight excluding hydrogens is 350 g/mol. The van der Waals surface area contributed by atoms with Gasteiger partial charge in [-0.2, -0.15) is 0 Å². The molecule has 0 unspecified atom stereocenters. The summed E-state index contributed by atoms with van der Waals surface area (Å²) in [7, 11) is 3.92. The molecule has 0 radical (unpaired) electrons. The lowest BCUT2D eigenvalue weighted by atomic mass is 10.2. The predicted molar refractivity (Wildman–Crippen MR) is 108 cm³/mol. The van der Waals surface area contributed by atoms with Crippen LogP contribution < -0.4 is 15.1 Å². The van der Waals surface area contributed by atoms with Gasteiger partial charge in [0.2, 0.25) is 11.8 Å². The minimum absolute atomic E-state index is 0.103. The van der Waals surface area contributed by atoms with Crippen molar-refractivity contribution in [2.75, 3.05) is 35.8 Å². The van der Waals surface area contributed by atoms with Crippen LogP contribution in [0.25, 0.3) is 0 Å². The number of rotatable bonds is 6. The largest absolute Gasteiger partial charge is 0.378 e. The SMILES string of the molecule is CC(=O)N(CCC(=O)Nc1ccc(C)c(Cl)c1)c1ccc(N(C)C)cc1. The molecule has 0 fully saturated rings. The zero-order valence-electron chi connectivity index (χ0n) is 15.5. The molecule has 0 saturated heterocycles. The van der Waals surface area contributed by atoms with Crippen molar-refractivity contribution in [2.45, 2.75) is 20.3 Å². The summed E-state index contributed by atoms with van der Waals surface area (Å²) in [6.45, 7) is 3.71. The Kier molecular flexibility index (Phi) is 6.64. The van der Waals surface area contributed by atoms with E-state index in [0.29, 0.717) is 17.3 Å². The minimum Gasteiger partial charge on any atom is -0.378 e. The molecule has 2 aromatic rings. The molecule has 5 nitrogen and oxygen atoms in total. The lowest BCUT2D eigenvalue weighted by molar-refractivity contribution is -0.117. The summed E-state index contributed by atoms with van der Waals surface area (Å²) in [5, 5.41) is 3.42. The molecule has 0 heterocycles. The summed E-state index contributed by atoms with van der Waals surface area (Å²) in [6, 6.07) is 13.0. The summed E-state index contributed by atoms with van der Waals surface area (Å²) in [4.78, 5) is 27.8. The van der Waals surface area contributed by atoms with Gasteiger partial charge in [-0.25, -0.2) is 0 Å². The minimum atomic E-state index is -0.166. The fraction of sp³-hybridized carbons (Fsp3) is 0.300. The highest BCUT2D eigenvalue weighted by molar-refractivity contribution is 6.31. The van der Waals surface area contributed by atoms with Gasteiger partial charge in [0.15, 0.2) is 0 Å². The van der Waals surface area contributed by atoms with E-state index >= 15 is 0 Å². The van der Waals surface area contributed by atoms with Gasteiger partial charge in [-0.3, -0.25) is 9.59 Å². The van der Waals surface area contributed by atoms with Crippen LogP contribution in [0, 0.1) is 6.92 Å². The highest BCUT2D eigenvalue weighted by Crippen LogP contribution is 2.21. The zero-order chi connectivity index (χ0) is 19.3. The molecule has 26 heavy (non-hydrogen) atoms. The molecule has 6 heteroatoms. The van der Waals surface area contributed by atoms with E-state index in [9.17, 15) is 9.59 Å². The topological polar surface area (TPSA) is 52.7 Å². The Labute approximate surface area is 159 Å². The maximum absolute atomic E-state index is 12.2. The van der Waals surface area contributed by atoms with E-state index < -0.39 is 0 Å². The van der Waals surface area contributed by atoms with Gasteiger partial charge in [-0.05, 0) is 48.9 Å². The highest BCUT2D eigenvalue weighted by atomic mass is 35.5. The van der Waals surface area contributed by atoms with Crippen LogP contribution >= 0.6 is 11.6 Å². The van der Waals surface area contributed by atoms with Crippen molar-refractivity contribution in [1.82, 2.24) is 0 Å². The van der Waals surface area contributed by atoms with Crippen LogP contribution in [-0.2, 0) is 9.59 Å². The first-order chi connectivity index (χ1) is 12.3. The Hall–Kier alpha value is -2.53. The Bertz CT molecular complexity index is 788. The summed E-state index contributed by atoms with van der Waals surface area (Å²) in [6.07, 6.45) is 0.195. The molecule has 2 amide bonds. The molecule has 2 rings (SSSR count). The number of halogens is 1. The number of amides is 2. The second-order valence-corrected chi connectivity index (χ2v) is 6.75. The molecule has 0 spiro atoms. The lowest BCUT2D eigenvalue weighted by Crippen LogP contribution is -2.32. The first-order valence-corrected chi connectivity index (χ1v) is 8.77. The van der Waals surface area contributed by atoms with Crippen LogP contribution in [0.15, 0.2) is 42.5 Å². The second kappa shape index (κ2) is 8.72. The maximum Gasteiger partial charge on any atom is 0.226 e. The van der Waals surface area contributed by atoms with E-state index in [1.807, 2.05) is 62.3 Å². The third kappa shape index (κ3) is 5.23. The number of carbonyl (C=O) groups is 2. The number of hydrogen-bond acceptors (Lipinski definition) is 3. The van der Waals surface area contributed by atoms with Gasteiger partial charge < -0.3 is 15.1 Å². The van der Waals surface area contributed by atoms with Gasteiger partial charge >= 0.3 is 0 Å². The van der Waals surface area contributed by atoms with Crippen LogP contribution in [0.1, 0.15) is 18.9 Å². The number of benzene rings is 2. The van der Waals surface area contributed by atoms with E-state index in [1.165, 1.54) is 6.92 Å². The van der Waals surface area contributed by atoms with Crippen molar-refractivity contribution >= 4 is 40.5 Å². The quantitative estimate of drug-likeness (QED) is 0.829. The molecule has 0 atom stereocenters. The van der Waals surface area contributed by atoms with E-state index in [0.717, 1.165) is 16.9 Å². The monoisotopic (exact) mass is 373 g/mol. The summed E-state index contributed by atoms with van der Waals surface area (Å²) < 4.78 is 0. The second-order valence-electron chi connectivity index (χ2n) is 6.34. The molecule has 0 aliphatic heterocycles. The number of nitrogens with zero attached hydrogens (tertiary/aromatic N) is 2. The van der Waals surface area contributed by atoms with Crippen molar-refractivity contribution in [2.24, 2.45) is 0 Å². The predicted octanol–water partition coefficient (Wildman–Crippen LogP) is 4.10. The number of aryl methyl sites for hydroxylation is 1. The third-order valence-electron chi connectivity index (χ3n) is 4.08. The smallest absolute Gasteiger partial charge is 0.226 e. The van der Waals surface area contributed by atoms with Crippen molar-refractivity contribution < 1.29 is 9.59 Å². The van der Waals surface area contributed by atoms with E-state index in [2.05, 4.69) is 5.32 Å². The summed E-state index contributed by atoms with van der Waals surface area (Å²) >= 11 is 6.07. The van der Waals surface area contributed by atoms with Gasteiger partial charge in [0.05, 0.1) is 0 Å². The zero-order valence-corrected chi connectivity index (χ0v) is 16.3. The Morgan fingerprint density at radius 1 is 1.04 bits per heavy atom. The van der Waals surface area contributed by atoms with Gasteiger partial charge in [0.1, 0.15) is 0 Å². The molecule has 0 bridgehead atoms. The van der Waals surface area contributed by atoms with Gasteiger partial charge in [0.25, 0.3) is 0 Å². The van der Waals surface area contributed by atoms with Gasteiger partial charge in [-0.15, -0.1) is 0 Å². The standard InChI is InChI=1S/C20H24ClN3O2/c1-14-5-6-16(13-19(14)21)22-20(26)11-12-24(15(2)25)18-9-7-17(8-10-18)23(3)4/h5-10,13H,11-12H2,1-4H3,(H,22,26). The Balaban J connectivity index is 2.00. The Morgan fingerprint density at radius 3 is 2.19 bits per heavy atom. The van der Waals surface area contributed by atoms with Crippen molar-refractivity contribution in [1.29, 1.82) is 0 Å². The number of nitrogens with one attached hydrogen (secondary N) is 1. The van der Waals surface area contributed by atoms with Crippen molar-refractivity contribution in [3.8, 4) is 0 Å². The first kappa shape index (κ1) is 19.8. The van der Waals surface area contributed by atoms with Crippen molar-refractivity contribution in [3.05, 3.63) is 53.1 Å². The Morgan fingerprint density at radius 2 is 1.65 bits per heavy atom. The average molecular weight is 374 g/mol. The highest BCUT2D eigenvalue weighted by Gasteiger charge is 2.14. The van der Waals surface area contributed by atoms with Gasteiger partial charge in [-0.1, -0.05) is 17.7 Å². The fourth-order valence-electron chi connectivity index (χ4n) is 2.51. The van der Waals surface area contributed by atoms with Crippen LogP contribution in [-0.4, -0.2) is 32.5 Å². The van der Waals surface area contributed by atoms with Crippen LogP contribution in [0.2, 0.25) is 5.02 Å². The molecule has 0 aliphatic carbocycles. The summed E-state index contributed by atoms with van der Waals surface area (Å²) in [5.74, 6) is -0.269. The van der Waals surface area contributed by atoms with Crippen LogP contribution in [0.4, 0.5) is 17.1 Å². The van der Waals surface area contributed by atoms with E-state index in [-0.39, 0.29) is 18.2 Å².